The van der Waals surface area contributed by atoms with Crippen molar-refractivity contribution in [2.75, 3.05) is 26.3 Å². The molecule has 3 nitrogen and oxygen atoms in total. The molecule has 1 N–H and O–H groups in total. The van der Waals surface area contributed by atoms with Crippen molar-refractivity contribution in [1.29, 1.82) is 0 Å². The Morgan fingerprint density at radius 1 is 1.25 bits per heavy atom. The Balaban J connectivity index is 0.000000490. The van der Waals surface area contributed by atoms with E-state index in [0.717, 1.165) is 0 Å². The molecule has 1 heterocycles. The molecule has 8 heavy (non-hydrogen) atoms. The molecule has 0 bridgehead atoms. The molecule has 0 aromatic heterocycles. The van der Waals surface area contributed by atoms with E-state index in [4.69, 9.17) is 9.94 Å². The number of hydrogen-bond donors (Lipinski definition) is 1. The highest BCUT2D eigenvalue weighted by molar-refractivity contribution is 5.75. The van der Waals surface area contributed by atoms with Crippen molar-refractivity contribution in [2.24, 2.45) is 0 Å². The van der Waals surface area contributed by atoms with Gasteiger partial charge in [0.25, 0.3) is 0 Å². The molecule has 0 amide bonds. The van der Waals surface area contributed by atoms with E-state index in [2.05, 4.69) is 0 Å². The average molecular weight is 129 g/mol. The Bertz CT molecular complexity index is 56.0. The fraction of sp³-hybridized carbons (Fsp3) is 1.00. The molecule has 0 radical (unpaired) electrons. The molecular formula is C4H11MgNO2. The van der Waals surface area contributed by atoms with Crippen LogP contribution < -0.4 is 0 Å². The van der Waals surface area contributed by atoms with Crippen molar-refractivity contribution in [1.82, 2.24) is 5.06 Å². The summed E-state index contributed by atoms with van der Waals surface area (Å²) in [6.45, 7) is 2.63. The first kappa shape index (κ1) is 8.65. The highest BCUT2D eigenvalue weighted by Crippen LogP contribution is 1.89. The lowest BCUT2D eigenvalue weighted by molar-refractivity contribution is -0.143. The van der Waals surface area contributed by atoms with E-state index in [1.54, 1.807) is 0 Å². The van der Waals surface area contributed by atoms with Crippen LogP contribution in [0.4, 0.5) is 0 Å². The molecule has 0 aromatic rings. The maximum atomic E-state index is 8.66. The molecule has 0 spiro atoms. The van der Waals surface area contributed by atoms with Crippen molar-refractivity contribution in [3.63, 3.8) is 0 Å². The minimum atomic E-state index is 0. The van der Waals surface area contributed by atoms with Gasteiger partial charge in [-0.15, -0.1) is 0 Å². The fourth-order valence-electron chi connectivity index (χ4n) is 0.554. The smallest absolute Gasteiger partial charge is 0.316 e. The summed E-state index contributed by atoms with van der Waals surface area (Å²) < 4.78 is 4.94. The number of ether oxygens (including phenoxy) is 1. The fourth-order valence-corrected chi connectivity index (χ4v) is 0.554. The van der Waals surface area contributed by atoms with Crippen LogP contribution in [0.1, 0.15) is 0 Å². The Hall–Kier alpha value is 0.646. The van der Waals surface area contributed by atoms with Crippen molar-refractivity contribution in [3.05, 3.63) is 0 Å². The van der Waals surface area contributed by atoms with Crippen LogP contribution in [-0.2, 0) is 4.74 Å². The van der Waals surface area contributed by atoms with Crippen LogP contribution in [0.25, 0.3) is 0 Å². The van der Waals surface area contributed by atoms with Crippen LogP contribution in [0.2, 0.25) is 0 Å². The number of nitrogens with zero attached hydrogens (tertiary/aromatic N) is 1. The van der Waals surface area contributed by atoms with Gasteiger partial charge in [0.05, 0.1) is 13.2 Å². The van der Waals surface area contributed by atoms with Crippen LogP contribution in [0, 0.1) is 0 Å². The third-order valence-electron chi connectivity index (χ3n) is 0.987. The van der Waals surface area contributed by atoms with Gasteiger partial charge in [-0.05, 0) is 0 Å². The van der Waals surface area contributed by atoms with Gasteiger partial charge in [0.15, 0.2) is 0 Å². The summed E-state index contributed by atoms with van der Waals surface area (Å²) in [6, 6.07) is 0. The Morgan fingerprint density at radius 2 is 1.75 bits per heavy atom. The highest BCUT2D eigenvalue weighted by Gasteiger charge is 2.04. The molecule has 0 saturated carbocycles. The number of rotatable bonds is 0. The first-order valence-electron chi connectivity index (χ1n) is 2.41. The summed E-state index contributed by atoms with van der Waals surface area (Å²) >= 11 is 0. The first-order valence-corrected chi connectivity index (χ1v) is 2.41. The normalized spacial score (nSPS) is 22.1. The molecule has 0 atom stereocenters. The highest BCUT2D eigenvalue weighted by atomic mass is 24.3. The van der Waals surface area contributed by atoms with Crippen molar-refractivity contribution in [2.45, 2.75) is 0 Å². The number of hydroxylamine groups is 2. The van der Waals surface area contributed by atoms with Gasteiger partial charge >= 0.3 is 23.1 Å². The summed E-state index contributed by atoms with van der Waals surface area (Å²) in [5.41, 5.74) is 0. The van der Waals surface area contributed by atoms with Crippen molar-refractivity contribution >= 4 is 23.1 Å². The minimum Gasteiger partial charge on any atom is -0.379 e. The number of morpholine rings is 1. The first-order chi connectivity index (χ1) is 3.39. The molecule has 46 valence electrons. The zero-order valence-electron chi connectivity index (χ0n) is 4.13. The van der Waals surface area contributed by atoms with E-state index in [-0.39, 0.29) is 23.1 Å². The topological polar surface area (TPSA) is 32.7 Å². The van der Waals surface area contributed by atoms with Gasteiger partial charge in [-0.25, -0.2) is 0 Å². The monoisotopic (exact) mass is 129 g/mol. The van der Waals surface area contributed by atoms with Crippen LogP contribution in [0.3, 0.4) is 0 Å². The third-order valence-corrected chi connectivity index (χ3v) is 0.987. The standard InChI is InChI=1S/C4H9NO2.Mg.2H/c6-5-1-3-7-4-2-5;;;/h6H,1-4H2;;;. The second-order valence-electron chi connectivity index (χ2n) is 1.57. The van der Waals surface area contributed by atoms with E-state index in [1.165, 1.54) is 5.06 Å². The SMILES string of the molecule is ON1CCOCC1.[MgH2]. The van der Waals surface area contributed by atoms with Gasteiger partial charge in [-0.3, -0.25) is 0 Å². The molecule has 1 saturated heterocycles. The summed E-state index contributed by atoms with van der Waals surface area (Å²) in [5, 5.41) is 9.93. The van der Waals surface area contributed by atoms with Gasteiger partial charge < -0.3 is 9.94 Å². The predicted octanol–water partition coefficient (Wildman–Crippen LogP) is -1.21. The largest absolute Gasteiger partial charge is 0.379 e. The van der Waals surface area contributed by atoms with Gasteiger partial charge in [-0.1, -0.05) is 0 Å². The molecular weight excluding hydrogens is 118 g/mol. The zero-order chi connectivity index (χ0) is 5.11. The maximum absolute atomic E-state index is 8.66. The summed E-state index contributed by atoms with van der Waals surface area (Å²) in [6.07, 6.45) is 0. The molecule has 1 aliphatic rings. The molecule has 1 aliphatic heterocycles. The van der Waals surface area contributed by atoms with E-state index in [0.29, 0.717) is 26.3 Å². The number of hydrogen-bond acceptors (Lipinski definition) is 3. The molecule has 0 unspecified atom stereocenters. The van der Waals surface area contributed by atoms with E-state index < -0.39 is 0 Å². The summed E-state index contributed by atoms with van der Waals surface area (Å²) in [4.78, 5) is 0. The lowest BCUT2D eigenvalue weighted by Crippen LogP contribution is -2.33. The second-order valence-corrected chi connectivity index (χ2v) is 1.57. The molecule has 0 aliphatic carbocycles. The van der Waals surface area contributed by atoms with Gasteiger partial charge in [0.1, 0.15) is 0 Å². The molecule has 4 heteroatoms. The van der Waals surface area contributed by atoms with Gasteiger partial charge in [0, 0.05) is 13.1 Å². The molecule has 0 aromatic carbocycles. The Labute approximate surface area is 64.7 Å². The molecule has 1 fully saturated rings. The lowest BCUT2D eigenvalue weighted by atomic mass is 10.5. The average Bonchev–Trinajstić information content (AvgIpc) is 1.69. The minimum absolute atomic E-state index is 0. The third kappa shape index (κ3) is 2.83. The van der Waals surface area contributed by atoms with Crippen molar-refractivity contribution in [3.8, 4) is 0 Å². The van der Waals surface area contributed by atoms with Crippen molar-refractivity contribution < 1.29 is 9.94 Å². The summed E-state index contributed by atoms with van der Waals surface area (Å²) in [7, 11) is 0. The van der Waals surface area contributed by atoms with E-state index in [1.807, 2.05) is 0 Å². The van der Waals surface area contributed by atoms with Crippen LogP contribution in [-0.4, -0.2) is 59.6 Å². The van der Waals surface area contributed by atoms with Crippen LogP contribution in [0.15, 0.2) is 0 Å². The summed E-state index contributed by atoms with van der Waals surface area (Å²) in [5.74, 6) is 0. The second kappa shape index (κ2) is 4.52. The quantitative estimate of drug-likeness (QED) is 0.417. The maximum Gasteiger partial charge on any atom is 0.316 e. The van der Waals surface area contributed by atoms with Crippen LogP contribution in [0.5, 0.6) is 0 Å². The van der Waals surface area contributed by atoms with Gasteiger partial charge in [0.2, 0.25) is 0 Å². The molecule has 1 rings (SSSR count). The lowest BCUT2D eigenvalue weighted by Gasteiger charge is -2.19. The zero-order valence-corrected chi connectivity index (χ0v) is 4.13. The van der Waals surface area contributed by atoms with Gasteiger partial charge in [-0.2, -0.15) is 5.06 Å². The Morgan fingerprint density at radius 3 is 2.00 bits per heavy atom. The van der Waals surface area contributed by atoms with E-state index in [9.17, 15) is 0 Å². The predicted molar refractivity (Wildman–Crippen MR) is 32.7 cm³/mol. The Kier molecular flexibility index (Phi) is 4.88. The van der Waals surface area contributed by atoms with Crippen LogP contribution >= 0.6 is 0 Å². The van der Waals surface area contributed by atoms with E-state index >= 15 is 0 Å².